The van der Waals surface area contributed by atoms with Crippen molar-refractivity contribution in [2.24, 2.45) is 16.8 Å². The maximum Gasteiger partial charge on any atom is 0.229 e. The third-order valence-corrected chi connectivity index (χ3v) is 7.17. The van der Waals surface area contributed by atoms with Crippen molar-refractivity contribution < 1.29 is 8.42 Å². The zero-order valence-electron chi connectivity index (χ0n) is 17.3. The molecule has 1 heterocycles. The Morgan fingerprint density at radius 1 is 1.17 bits per heavy atom. The summed E-state index contributed by atoms with van der Waals surface area (Å²) in [7, 11) is -1.47. The lowest BCUT2D eigenvalue weighted by Gasteiger charge is -2.27. The van der Waals surface area contributed by atoms with Crippen LogP contribution in [0.25, 0.3) is 0 Å². The molecule has 154 valence electrons. The molecule has 0 bridgehead atoms. The number of aliphatic imine (C=N–C) groups is 1. The summed E-state index contributed by atoms with van der Waals surface area (Å²) in [6.07, 6.45) is 4.15. The largest absolute Gasteiger partial charge is 0.298 e. The van der Waals surface area contributed by atoms with Gasteiger partial charge < -0.3 is 0 Å². The maximum atomic E-state index is 11.6. The summed E-state index contributed by atoms with van der Waals surface area (Å²) in [4.78, 5) is 6.61. The molecule has 2 aromatic carbocycles. The van der Waals surface area contributed by atoms with Gasteiger partial charge in [0, 0.05) is 44.0 Å². The predicted octanol–water partition coefficient (Wildman–Crippen LogP) is 3.52. The van der Waals surface area contributed by atoms with Crippen molar-refractivity contribution in [3.8, 4) is 0 Å². The van der Waals surface area contributed by atoms with E-state index in [0.29, 0.717) is 17.5 Å². The fourth-order valence-electron chi connectivity index (χ4n) is 5.30. The average molecular weight is 412 g/mol. The van der Waals surface area contributed by atoms with Gasteiger partial charge in [-0.3, -0.25) is 14.6 Å². The van der Waals surface area contributed by atoms with Crippen LogP contribution in [0.5, 0.6) is 0 Å². The molecule has 0 radical (unpaired) electrons. The number of rotatable bonds is 7. The van der Waals surface area contributed by atoms with E-state index in [1.165, 1.54) is 17.4 Å². The van der Waals surface area contributed by atoms with Gasteiger partial charge in [-0.05, 0) is 47.1 Å². The maximum absolute atomic E-state index is 11.6. The second-order valence-electron chi connectivity index (χ2n) is 8.38. The van der Waals surface area contributed by atoms with Gasteiger partial charge in [-0.1, -0.05) is 43.3 Å². The van der Waals surface area contributed by atoms with E-state index in [-0.39, 0.29) is 5.41 Å². The van der Waals surface area contributed by atoms with Crippen LogP contribution in [-0.4, -0.2) is 45.9 Å². The van der Waals surface area contributed by atoms with E-state index in [9.17, 15) is 8.42 Å². The number of sulfonamides is 1. The first-order valence-corrected chi connectivity index (χ1v) is 12.1. The van der Waals surface area contributed by atoms with Crippen LogP contribution >= 0.6 is 0 Å². The Kier molecular flexibility index (Phi) is 5.25. The molecule has 2 unspecified atom stereocenters. The lowest BCUT2D eigenvalue weighted by Crippen LogP contribution is -2.29. The number of benzene rings is 2. The Bertz CT molecular complexity index is 1000. The summed E-state index contributed by atoms with van der Waals surface area (Å²) >= 11 is 0. The third-order valence-electron chi connectivity index (χ3n) is 6.56. The van der Waals surface area contributed by atoms with Gasteiger partial charge in [0.25, 0.3) is 0 Å². The summed E-state index contributed by atoms with van der Waals surface area (Å²) in [6, 6.07) is 16.6. The van der Waals surface area contributed by atoms with Crippen LogP contribution in [0, 0.1) is 11.8 Å². The van der Waals surface area contributed by atoms with E-state index in [2.05, 4.69) is 51.9 Å². The number of hydrogen-bond acceptors (Lipinski definition) is 4. The molecule has 2 aromatic rings. The molecule has 4 rings (SSSR count). The molecule has 2 atom stereocenters. The Morgan fingerprint density at radius 2 is 1.86 bits per heavy atom. The van der Waals surface area contributed by atoms with Gasteiger partial charge in [0.2, 0.25) is 10.0 Å². The Balaban J connectivity index is 1.44. The molecule has 5 nitrogen and oxygen atoms in total. The number of fused-ring (bicyclic) bond motifs is 1. The second kappa shape index (κ2) is 7.58. The van der Waals surface area contributed by atoms with Crippen LogP contribution < -0.4 is 4.72 Å². The minimum absolute atomic E-state index is 0.188. The van der Waals surface area contributed by atoms with Crippen LogP contribution in [0.1, 0.15) is 30.0 Å². The molecule has 29 heavy (non-hydrogen) atoms. The van der Waals surface area contributed by atoms with Crippen molar-refractivity contribution in [3.63, 3.8) is 0 Å². The lowest BCUT2D eigenvalue weighted by molar-refractivity contribution is 0.262. The van der Waals surface area contributed by atoms with Crippen molar-refractivity contribution in [2.75, 3.05) is 31.1 Å². The van der Waals surface area contributed by atoms with Gasteiger partial charge in [-0.2, -0.15) is 0 Å². The van der Waals surface area contributed by atoms with Gasteiger partial charge in [-0.15, -0.1) is 0 Å². The first-order chi connectivity index (χ1) is 13.9. The molecule has 0 aromatic heterocycles. The third kappa shape index (κ3) is 3.96. The summed E-state index contributed by atoms with van der Waals surface area (Å²) in [5.74, 6) is 1.29. The highest BCUT2D eigenvalue weighted by Gasteiger charge is 2.67. The molecule has 2 fully saturated rings. The van der Waals surface area contributed by atoms with E-state index >= 15 is 0 Å². The number of likely N-dealkylation sites (tertiary alicyclic amines) is 1. The van der Waals surface area contributed by atoms with E-state index in [0.717, 1.165) is 31.6 Å². The molecule has 0 spiro atoms. The second-order valence-corrected chi connectivity index (χ2v) is 10.1. The molecule has 0 amide bonds. The van der Waals surface area contributed by atoms with Crippen LogP contribution in [0.2, 0.25) is 0 Å². The summed E-state index contributed by atoms with van der Waals surface area (Å²) < 4.78 is 25.8. The Morgan fingerprint density at radius 3 is 2.45 bits per heavy atom. The highest BCUT2D eigenvalue weighted by Crippen LogP contribution is 2.65. The molecular formula is C23H29N3O2S. The van der Waals surface area contributed by atoms with Crippen LogP contribution in [0.4, 0.5) is 5.69 Å². The first-order valence-electron chi connectivity index (χ1n) is 10.2. The fraction of sp³-hybridized carbons (Fsp3) is 0.435. The van der Waals surface area contributed by atoms with Crippen LogP contribution in [0.15, 0.2) is 53.5 Å². The number of hydrogen-bond donors (Lipinski definition) is 1. The summed E-state index contributed by atoms with van der Waals surface area (Å²) in [6.45, 7) is 5.43. The summed E-state index contributed by atoms with van der Waals surface area (Å²) in [5, 5.41) is 0. The number of nitrogens with zero attached hydrogens (tertiary/aromatic N) is 2. The van der Waals surface area contributed by atoms with E-state index in [1.54, 1.807) is 7.05 Å². The quantitative estimate of drug-likeness (QED) is 0.709. The standard InChI is InChI=1S/C23H29N3O2S/c1-4-23(19-6-5-7-20(12-19)25-29(3,27)28)21-15-26(16-22(21)23)14-18-10-8-17(9-11-18)13-24-2/h5-13,21-22,25H,4,14-16H2,1-3H3. The van der Waals surface area contributed by atoms with Gasteiger partial charge >= 0.3 is 0 Å². The van der Waals surface area contributed by atoms with Gasteiger partial charge in [0.1, 0.15) is 0 Å². The normalized spacial score (nSPS) is 26.6. The molecule has 1 aliphatic heterocycles. The van der Waals surface area contributed by atoms with Crippen molar-refractivity contribution >= 4 is 21.9 Å². The highest BCUT2D eigenvalue weighted by atomic mass is 32.2. The number of anilines is 1. The predicted molar refractivity (Wildman–Crippen MR) is 119 cm³/mol. The monoisotopic (exact) mass is 411 g/mol. The molecule has 1 aliphatic carbocycles. The van der Waals surface area contributed by atoms with Crippen LogP contribution in [0.3, 0.4) is 0 Å². The van der Waals surface area contributed by atoms with Gasteiger partial charge in [-0.25, -0.2) is 8.42 Å². The van der Waals surface area contributed by atoms with E-state index in [1.807, 2.05) is 24.4 Å². The molecule has 2 aliphatic rings. The van der Waals surface area contributed by atoms with E-state index in [4.69, 9.17) is 0 Å². The summed E-state index contributed by atoms with van der Waals surface area (Å²) in [5.41, 5.74) is 4.59. The Hall–Kier alpha value is -2.18. The van der Waals surface area contributed by atoms with Crippen molar-refractivity contribution in [2.45, 2.75) is 25.3 Å². The SMILES string of the molecule is CCC1(c2cccc(NS(C)(=O)=O)c2)C2CN(Cc3ccc(C=NC)cc3)CC21. The van der Waals surface area contributed by atoms with Crippen molar-refractivity contribution in [1.82, 2.24) is 4.90 Å². The first kappa shape index (κ1) is 20.1. The molecule has 1 saturated heterocycles. The van der Waals surface area contributed by atoms with Gasteiger partial charge in [0.15, 0.2) is 0 Å². The smallest absolute Gasteiger partial charge is 0.229 e. The zero-order valence-corrected chi connectivity index (χ0v) is 18.1. The van der Waals surface area contributed by atoms with Crippen LogP contribution in [-0.2, 0) is 22.0 Å². The molecular weight excluding hydrogens is 382 g/mol. The fourth-order valence-corrected chi connectivity index (χ4v) is 5.86. The Labute approximate surface area is 173 Å². The van der Waals surface area contributed by atoms with Crippen molar-refractivity contribution in [3.05, 3.63) is 65.2 Å². The lowest BCUT2D eigenvalue weighted by atomic mass is 9.87. The minimum Gasteiger partial charge on any atom is -0.298 e. The number of piperidine rings is 1. The topological polar surface area (TPSA) is 61.8 Å². The molecule has 1 N–H and O–H groups in total. The minimum atomic E-state index is -3.26. The average Bonchev–Trinajstić information content (AvgIpc) is 3.06. The van der Waals surface area contributed by atoms with E-state index < -0.39 is 10.0 Å². The highest BCUT2D eigenvalue weighted by molar-refractivity contribution is 7.92. The van der Waals surface area contributed by atoms with Gasteiger partial charge in [0.05, 0.1) is 6.26 Å². The molecule has 1 saturated carbocycles. The molecule has 6 heteroatoms. The number of nitrogens with one attached hydrogen (secondary N) is 1. The zero-order chi connectivity index (χ0) is 20.6. The van der Waals surface area contributed by atoms with Crippen molar-refractivity contribution in [1.29, 1.82) is 0 Å².